The molecule has 0 bridgehead atoms. The zero-order valence-corrected chi connectivity index (χ0v) is 9.95. The number of aliphatic hydroxyl groups is 1. The van der Waals surface area contributed by atoms with Crippen LogP contribution >= 0.6 is 0 Å². The molecule has 0 amide bonds. The molecule has 0 fully saturated rings. The molecule has 2 rings (SSSR count). The summed E-state index contributed by atoms with van der Waals surface area (Å²) < 4.78 is 4.50. The number of aromatic carboxylic acids is 1. The molecule has 0 atom stereocenters. The molecule has 96 valence electrons. The van der Waals surface area contributed by atoms with E-state index >= 15 is 0 Å². The van der Waals surface area contributed by atoms with Gasteiger partial charge in [-0.3, -0.25) is 0 Å². The Morgan fingerprint density at radius 1 is 1.11 bits per heavy atom. The number of aryl methyl sites for hydroxylation is 1. The molecule has 4 heteroatoms. The number of hydrogen-bond acceptors (Lipinski definition) is 3. The topological polar surface area (TPSA) is 70.7 Å². The number of carbonyl (C=O) groups is 1. The summed E-state index contributed by atoms with van der Waals surface area (Å²) in [6.07, 6.45) is 3.17. The minimum atomic E-state index is -1.03. The number of aliphatic hydroxyl groups excluding tert-OH is 1. The van der Waals surface area contributed by atoms with Gasteiger partial charge in [0.15, 0.2) is 0 Å². The number of carboxylic acids is 1. The molecule has 18 heavy (non-hydrogen) atoms. The Morgan fingerprint density at radius 2 is 1.83 bits per heavy atom. The molecule has 2 aromatic rings. The van der Waals surface area contributed by atoms with Crippen molar-refractivity contribution in [1.82, 2.24) is 0 Å². The van der Waals surface area contributed by atoms with E-state index in [0.717, 1.165) is 12.8 Å². The van der Waals surface area contributed by atoms with Crippen LogP contribution in [0.4, 0.5) is 0 Å². The van der Waals surface area contributed by atoms with Crippen LogP contribution in [0, 0.1) is 0 Å². The van der Waals surface area contributed by atoms with Crippen molar-refractivity contribution >= 4 is 5.97 Å². The van der Waals surface area contributed by atoms with E-state index in [1.54, 1.807) is 0 Å². The molecule has 1 heterocycles. The number of hydrogen-bond donors (Lipinski definition) is 2. The Bertz CT molecular complexity index is 434. The second kappa shape index (κ2) is 8.08. The highest BCUT2D eigenvalue weighted by molar-refractivity contribution is 5.84. The quantitative estimate of drug-likeness (QED) is 0.872. The van der Waals surface area contributed by atoms with E-state index in [4.69, 9.17) is 10.2 Å². The molecule has 2 N–H and O–H groups in total. The Labute approximate surface area is 105 Å². The van der Waals surface area contributed by atoms with Crippen LogP contribution in [0.2, 0.25) is 0 Å². The predicted molar refractivity (Wildman–Crippen MR) is 67.5 cm³/mol. The molecule has 1 aromatic carbocycles. The van der Waals surface area contributed by atoms with Crippen LogP contribution in [0.1, 0.15) is 22.5 Å². The molecule has 0 saturated carbocycles. The molecule has 0 aliphatic rings. The van der Waals surface area contributed by atoms with Crippen LogP contribution in [0.15, 0.2) is 53.1 Å². The summed E-state index contributed by atoms with van der Waals surface area (Å²) in [5, 5.41) is 16.7. The fourth-order valence-corrected chi connectivity index (χ4v) is 1.33. The van der Waals surface area contributed by atoms with Gasteiger partial charge in [0.05, 0.1) is 6.26 Å². The van der Waals surface area contributed by atoms with Crippen molar-refractivity contribution in [3.05, 3.63) is 60.1 Å². The molecule has 0 aliphatic carbocycles. The third-order valence-electron chi connectivity index (χ3n) is 2.20. The predicted octanol–water partition coefficient (Wildman–Crippen LogP) is 2.59. The van der Waals surface area contributed by atoms with E-state index in [9.17, 15) is 4.79 Å². The highest BCUT2D eigenvalue weighted by Crippen LogP contribution is 2.00. The first-order chi connectivity index (χ1) is 8.74. The van der Waals surface area contributed by atoms with Gasteiger partial charge < -0.3 is 14.6 Å². The molecule has 0 radical (unpaired) electrons. The second-order valence-electron chi connectivity index (χ2n) is 3.60. The Kier molecular flexibility index (Phi) is 6.28. The van der Waals surface area contributed by atoms with Crippen molar-refractivity contribution in [2.75, 3.05) is 6.61 Å². The number of furan rings is 1. The summed E-state index contributed by atoms with van der Waals surface area (Å²) in [6, 6.07) is 13.1. The largest absolute Gasteiger partial charge is 0.475 e. The summed E-state index contributed by atoms with van der Waals surface area (Å²) >= 11 is 0. The van der Waals surface area contributed by atoms with Gasteiger partial charge in [-0.1, -0.05) is 30.3 Å². The maximum absolute atomic E-state index is 9.97. The van der Waals surface area contributed by atoms with Crippen LogP contribution in [0.5, 0.6) is 0 Å². The maximum atomic E-state index is 9.97. The lowest BCUT2D eigenvalue weighted by Crippen LogP contribution is -1.90. The van der Waals surface area contributed by atoms with Gasteiger partial charge >= 0.3 is 5.97 Å². The molecule has 0 unspecified atom stereocenters. The highest BCUT2D eigenvalue weighted by Gasteiger charge is 2.01. The third-order valence-corrected chi connectivity index (χ3v) is 2.20. The fourth-order valence-electron chi connectivity index (χ4n) is 1.33. The standard InChI is InChI=1S/C9H12O.C5H4O3/c10-8-4-7-9-5-2-1-3-6-9;6-5(7)4-2-1-3-8-4/h1-3,5-6,10H,4,7-8H2;1-3H,(H,6,7). The van der Waals surface area contributed by atoms with Crippen LogP contribution in [-0.4, -0.2) is 22.8 Å². The van der Waals surface area contributed by atoms with Gasteiger partial charge in [-0.2, -0.15) is 0 Å². The lowest BCUT2D eigenvalue weighted by atomic mass is 10.1. The summed E-state index contributed by atoms with van der Waals surface area (Å²) in [4.78, 5) is 9.97. The summed E-state index contributed by atoms with van der Waals surface area (Å²) in [5.41, 5.74) is 1.30. The molecule has 4 nitrogen and oxygen atoms in total. The van der Waals surface area contributed by atoms with Gasteiger partial charge in [0, 0.05) is 6.61 Å². The van der Waals surface area contributed by atoms with Crippen LogP contribution in [0.25, 0.3) is 0 Å². The van der Waals surface area contributed by atoms with E-state index in [-0.39, 0.29) is 12.4 Å². The van der Waals surface area contributed by atoms with Crippen molar-refractivity contribution < 1.29 is 19.4 Å². The first kappa shape index (κ1) is 14.0. The number of carboxylic acid groups (broad SMARTS) is 1. The monoisotopic (exact) mass is 248 g/mol. The Morgan fingerprint density at radius 3 is 2.28 bits per heavy atom. The van der Waals surface area contributed by atoms with E-state index < -0.39 is 5.97 Å². The smallest absolute Gasteiger partial charge is 0.371 e. The lowest BCUT2D eigenvalue weighted by Gasteiger charge is -1.96. The normalized spacial score (nSPS) is 9.39. The minimum Gasteiger partial charge on any atom is -0.475 e. The van der Waals surface area contributed by atoms with Crippen molar-refractivity contribution in [1.29, 1.82) is 0 Å². The van der Waals surface area contributed by atoms with E-state index in [1.165, 1.54) is 24.0 Å². The fraction of sp³-hybridized carbons (Fsp3) is 0.214. The van der Waals surface area contributed by atoms with Crippen molar-refractivity contribution in [3.63, 3.8) is 0 Å². The van der Waals surface area contributed by atoms with Crippen LogP contribution in [-0.2, 0) is 6.42 Å². The molecular formula is C14H16O4. The van der Waals surface area contributed by atoms with Crippen molar-refractivity contribution in [2.24, 2.45) is 0 Å². The van der Waals surface area contributed by atoms with Gasteiger partial charge in [-0.05, 0) is 30.5 Å². The molecule has 0 aliphatic heterocycles. The lowest BCUT2D eigenvalue weighted by molar-refractivity contribution is 0.0662. The number of rotatable bonds is 4. The summed E-state index contributed by atoms with van der Waals surface area (Å²) in [7, 11) is 0. The van der Waals surface area contributed by atoms with E-state index in [1.807, 2.05) is 18.2 Å². The average Bonchev–Trinajstić information content (AvgIpc) is 2.92. The summed E-state index contributed by atoms with van der Waals surface area (Å²) in [6.45, 7) is 0.287. The summed E-state index contributed by atoms with van der Waals surface area (Å²) in [5.74, 6) is -1.06. The van der Waals surface area contributed by atoms with Gasteiger partial charge in [-0.15, -0.1) is 0 Å². The van der Waals surface area contributed by atoms with Gasteiger partial charge in [0.25, 0.3) is 0 Å². The second-order valence-corrected chi connectivity index (χ2v) is 3.60. The molecule has 0 spiro atoms. The van der Waals surface area contributed by atoms with Crippen LogP contribution in [0.3, 0.4) is 0 Å². The Balaban J connectivity index is 0.000000184. The molecular weight excluding hydrogens is 232 g/mol. The molecule has 0 saturated heterocycles. The van der Waals surface area contributed by atoms with E-state index in [0.29, 0.717) is 0 Å². The zero-order chi connectivity index (χ0) is 13.2. The average molecular weight is 248 g/mol. The Hall–Kier alpha value is -2.07. The number of benzene rings is 1. The first-order valence-electron chi connectivity index (χ1n) is 5.65. The maximum Gasteiger partial charge on any atom is 0.371 e. The van der Waals surface area contributed by atoms with Crippen LogP contribution < -0.4 is 0 Å². The van der Waals surface area contributed by atoms with Crippen molar-refractivity contribution in [3.8, 4) is 0 Å². The van der Waals surface area contributed by atoms with Gasteiger partial charge in [0.2, 0.25) is 5.76 Å². The van der Waals surface area contributed by atoms with E-state index in [2.05, 4.69) is 16.5 Å². The third kappa shape index (κ3) is 5.32. The highest BCUT2D eigenvalue weighted by atomic mass is 16.4. The first-order valence-corrected chi connectivity index (χ1v) is 5.65. The SMILES string of the molecule is O=C(O)c1ccco1.OCCCc1ccccc1. The minimum absolute atomic E-state index is 0.0231. The zero-order valence-electron chi connectivity index (χ0n) is 9.95. The van der Waals surface area contributed by atoms with Gasteiger partial charge in [0.1, 0.15) is 0 Å². The molecule has 1 aromatic heterocycles. The van der Waals surface area contributed by atoms with Crippen molar-refractivity contribution in [2.45, 2.75) is 12.8 Å². The van der Waals surface area contributed by atoms with Gasteiger partial charge in [-0.25, -0.2) is 4.79 Å².